The van der Waals surface area contributed by atoms with Crippen LogP contribution in [0.2, 0.25) is 0 Å². The number of benzene rings is 3. The van der Waals surface area contributed by atoms with Gasteiger partial charge in [-0.3, -0.25) is 9.69 Å². The first-order chi connectivity index (χ1) is 16.7. The number of aryl methyl sites for hydroxylation is 1. The van der Waals surface area contributed by atoms with Crippen molar-refractivity contribution < 1.29 is 14.3 Å². The second kappa shape index (κ2) is 10.7. The van der Waals surface area contributed by atoms with Crippen LogP contribution in [0.25, 0.3) is 0 Å². The maximum Gasteiger partial charge on any atom is 0.236 e. The Balaban J connectivity index is 1.08. The number of hydrogen-bond donors (Lipinski definition) is 1. The molecule has 1 saturated heterocycles. The predicted molar refractivity (Wildman–Crippen MR) is 133 cm³/mol. The maximum absolute atomic E-state index is 12.7. The van der Waals surface area contributed by atoms with E-state index in [4.69, 9.17) is 9.47 Å². The lowest BCUT2D eigenvalue weighted by Gasteiger charge is -2.32. The van der Waals surface area contributed by atoms with Crippen molar-refractivity contribution in [3.63, 3.8) is 0 Å². The first-order valence-electron chi connectivity index (χ1n) is 12.3. The minimum absolute atomic E-state index is 0.0465. The lowest BCUT2D eigenvalue weighted by atomic mass is 9.89. The van der Waals surface area contributed by atoms with E-state index in [1.807, 2.05) is 60.7 Å². The molecular weight excluding hydrogens is 424 g/mol. The van der Waals surface area contributed by atoms with Crippen molar-refractivity contribution in [2.75, 3.05) is 19.6 Å². The number of nitrogens with zero attached hydrogens (tertiary/aromatic N) is 1. The number of fused-ring (bicyclic) bond motifs is 1. The van der Waals surface area contributed by atoms with Gasteiger partial charge in [0.05, 0.1) is 6.54 Å². The molecule has 1 amide bonds. The Morgan fingerprint density at radius 2 is 1.59 bits per heavy atom. The topological polar surface area (TPSA) is 50.8 Å². The monoisotopic (exact) mass is 456 g/mol. The highest BCUT2D eigenvalue weighted by molar-refractivity contribution is 5.78. The van der Waals surface area contributed by atoms with Gasteiger partial charge in [-0.05, 0) is 86.1 Å². The van der Waals surface area contributed by atoms with Crippen LogP contribution >= 0.6 is 0 Å². The Bertz CT molecular complexity index is 1080. The second-order valence-corrected chi connectivity index (χ2v) is 9.21. The molecule has 0 bridgehead atoms. The molecule has 2 aliphatic rings. The molecule has 0 aliphatic carbocycles. The number of likely N-dealkylation sites (tertiary alicyclic amines) is 1. The van der Waals surface area contributed by atoms with Crippen molar-refractivity contribution in [3.8, 4) is 17.2 Å². The number of amides is 1. The molecule has 1 N–H and O–H groups in total. The average Bonchev–Trinajstić information content (AvgIpc) is 3.07. The third-order valence-corrected chi connectivity index (χ3v) is 6.76. The van der Waals surface area contributed by atoms with Crippen molar-refractivity contribution in [2.24, 2.45) is 0 Å². The van der Waals surface area contributed by atoms with Crippen molar-refractivity contribution in [1.29, 1.82) is 0 Å². The Labute approximate surface area is 201 Å². The first-order valence-corrected chi connectivity index (χ1v) is 12.3. The molecule has 2 heterocycles. The summed E-state index contributed by atoms with van der Waals surface area (Å²) in [5.41, 5.74) is 2.57. The highest BCUT2D eigenvalue weighted by Crippen LogP contribution is 2.30. The fourth-order valence-corrected chi connectivity index (χ4v) is 4.90. The molecule has 2 aliphatic heterocycles. The predicted octanol–water partition coefficient (Wildman–Crippen LogP) is 5.52. The molecule has 5 heteroatoms. The number of rotatable bonds is 6. The van der Waals surface area contributed by atoms with Gasteiger partial charge in [0.25, 0.3) is 0 Å². The molecule has 1 atom stereocenters. The van der Waals surface area contributed by atoms with Gasteiger partial charge in [0.15, 0.2) is 6.23 Å². The minimum Gasteiger partial charge on any atom is -0.470 e. The lowest BCUT2D eigenvalue weighted by Crippen LogP contribution is -2.46. The molecule has 0 radical (unpaired) electrons. The van der Waals surface area contributed by atoms with Crippen LogP contribution in [0.3, 0.4) is 0 Å². The summed E-state index contributed by atoms with van der Waals surface area (Å²) in [6.07, 6.45) is 4.72. The van der Waals surface area contributed by atoms with E-state index in [1.165, 1.54) is 11.1 Å². The van der Waals surface area contributed by atoms with Crippen LogP contribution < -0.4 is 14.8 Å². The summed E-state index contributed by atoms with van der Waals surface area (Å²) in [5.74, 6) is 3.16. The summed E-state index contributed by atoms with van der Waals surface area (Å²) in [6.45, 7) is 2.28. The molecule has 176 valence electrons. The molecule has 1 unspecified atom stereocenters. The molecular formula is C29H32N2O3. The molecule has 0 spiro atoms. The van der Waals surface area contributed by atoms with Crippen LogP contribution in [0.1, 0.15) is 42.7 Å². The molecule has 3 aromatic rings. The van der Waals surface area contributed by atoms with Gasteiger partial charge in [-0.1, -0.05) is 48.5 Å². The average molecular weight is 457 g/mol. The number of piperidine rings is 1. The van der Waals surface area contributed by atoms with Gasteiger partial charge >= 0.3 is 0 Å². The fourth-order valence-electron chi connectivity index (χ4n) is 4.90. The van der Waals surface area contributed by atoms with Crippen molar-refractivity contribution in [2.45, 2.75) is 44.2 Å². The minimum atomic E-state index is -0.245. The van der Waals surface area contributed by atoms with Crippen LogP contribution in [0.4, 0.5) is 0 Å². The zero-order valence-electron chi connectivity index (χ0n) is 19.5. The smallest absolute Gasteiger partial charge is 0.236 e. The molecule has 5 nitrogen and oxygen atoms in total. The van der Waals surface area contributed by atoms with E-state index in [0.717, 1.165) is 62.4 Å². The fraction of sp³-hybridized carbons (Fsp3) is 0.345. The van der Waals surface area contributed by atoms with Crippen LogP contribution in [0.5, 0.6) is 17.2 Å². The molecule has 5 rings (SSSR count). The third-order valence-electron chi connectivity index (χ3n) is 6.76. The molecule has 0 aromatic heterocycles. The van der Waals surface area contributed by atoms with Crippen molar-refractivity contribution >= 4 is 5.91 Å². The highest BCUT2D eigenvalue weighted by Gasteiger charge is 2.24. The van der Waals surface area contributed by atoms with Crippen LogP contribution in [-0.4, -0.2) is 36.7 Å². The summed E-state index contributed by atoms with van der Waals surface area (Å²) in [6, 6.07) is 26.4. The number of para-hydroxylation sites is 2. The summed E-state index contributed by atoms with van der Waals surface area (Å²) in [5, 5.41) is 3.10. The van der Waals surface area contributed by atoms with Gasteiger partial charge < -0.3 is 14.8 Å². The van der Waals surface area contributed by atoms with Gasteiger partial charge in [-0.2, -0.15) is 0 Å². The Hall–Kier alpha value is -3.31. The van der Waals surface area contributed by atoms with Gasteiger partial charge in [0.1, 0.15) is 17.2 Å². The van der Waals surface area contributed by atoms with E-state index < -0.39 is 0 Å². The summed E-state index contributed by atoms with van der Waals surface area (Å²) in [4.78, 5) is 14.9. The maximum atomic E-state index is 12.7. The zero-order chi connectivity index (χ0) is 23.2. The Morgan fingerprint density at radius 1 is 0.882 bits per heavy atom. The van der Waals surface area contributed by atoms with Crippen LogP contribution in [-0.2, 0) is 11.2 Å². The van der Waals surface area contributed by atoms with Gasteiger partial charge in [0.2, 0.25) is 5.91 Å². The van der Waals surface area contributed by atoms with E-state index in [2.05, 4.69) is 28.4 Å². The van der Waals surface area contributed by atoms with Gasteiger partial charge in [-0.25, -0.2) is 0 Å². The lowest BCUT2D eigenvalue weighted by molar-refractivity contribution is -0.125. The van der Waals surface area contributed by atoms with Crippen molar-refractivity contribution in [3.05, 3.63) is 90.0 Å². The quantitative estimate of drug-likeness (QED) is 0.531. The largest absolute Gasteiger partial charge is 0.470 e. The molecule has 34 heavy (non-hydrogen) atoms. The SMILES string of the molecule is O=C(CN1CCC(c2ccc(Oc3ccccc3)cc2)CC1)NC1CCCc2ccccc2O1. The summed E-state index contributed by atoms with van der Waals surface area (Å²) in [7, 11) is 0. The van der Waals surface area contributed by atoms with E-state index >= 15 is 0 Å². The standard InChI is InChI=1S/C29H32N2O3/c32-28(30-29-12-6-8-24-7-4-5-11-27(24)34-29)21-31-19-17-23(18-20-31)22-13-15-26(16-14-22)33-25-9-2-1-3-10-25/h1-5,7,9-11,13-16,23,29H,6,8,12,17-21H2,(H,30,32). The van der Waals surface area contributed by atoms with Gasteiger partial charge in [-0.15, -0.1) is 0 Å². The summed E-state index contributed by atoms with van der Waals surface area (Å²) >= 11 is 0. The van der Waals surface area contributed by atoms with E-state index in [0.29, 0.717) is 12.5 Å². The molecule has 3 aromatic carbocycles. The Morgan fingerprint density at radius 3 is 2.38 bits per heavy atom. The van der Waals surface area contributed by atoms with E-state index in [1.54, 1.807) is 0 Å². The van der Waals surface area contributed by atoms with Crippen LogP contribution in [0.15, 0.2) is 78.9 Å². The highest BCUT2D eigenvalue weighted by atomic mass is 16.5. The summed E-state index contributed by atoms with van der Waals surface area (Å²) < 4.78 is 12.0. The number of carbonyl (C=O) groups excluding carboxylic acids is 1. The Kier molecular flexibility index (Phi) is 7.10. The van der Waals surface area contributed by atoms with E-state index in [9.17, 15) is 4.79 Å². The number of ether oxygens (including phenoxy) is 2. The number of carbonyl (C=O) groups is 1. The van der Waals surface area contributed by atoms with E-state index in [-0.39, 0.29) is 12.1 Å². The zero-order valence-corrected chi connectivity index (χ0v) is 19.5. The number of nitrogens with one attached hydrogen (secondary N) is 1. The molecule has 1 fully saturated rings. The normalized spacial score (nSPS) is 18.9. The third kappa shape index (κ3) is 5.78. The van der Waals surface area contributed by atoms with Crippen molar-refractivity contribution in [1.82, 2.24) is 10.2 Å². The second-order valence-electron chi connectivity index (χ2n) is 9.21. The molecule has 0 saturated carbocycles. The number of hydrogen-bond acceptors (Lipinski definition) is 4. The van der Waals surface area contributed by atoms with Gasteiger partial charge in [0, 0.05) is 6.42 Å². The van der Waals surface area contributed by atoms with Crippen LogP contribution in [0, 0.1) is 0 Å². The first kappa shape index (κ1) is 22.5.